The fraction of sp³-hybridized carbons (Fsp3) is 0.200. The third-order valence-electron chi connectivity index (χ3n) is 1.47. The molecule has 0 unspecified atom stereocenters. The molecule has 0 amide bonds. The Hall–Kier alpha value is -0.640. The van der Waals surface area contributed by atoms with Crippen molar-refractivity contribution in [2.24, 2.45) is 0 Å². The molecule has 0 bridgehead atoms. The summed E-state index contributed by atoms with van der Waals surface area (Å²) in [6, 6.07) is 5.72. The number of rotatable bonds is 0. The molecule has 0 aliphatic carbocycles. The smallest absolute Gasteiger partial charge is 0.0839 e. The summed E-state index contributed by atoms with van der Waals surface area (Å²) in [6.45, 7) is 1.96. The van der Waals surface area contributed by atoms with Gasteiger partial charge in [-0.2, -0.15) is 0 Å². The fourth-order valence-corrected chi connectivity index (χ4v) is 1.05. The molecule has 0 saturated heterocycles. The second-order valence-electron chi connectivity index (χ2n) is 2.40. The monoisotopic (exact) mass is 198 g/mol. The van der Waals surface area contributed by atoms with E-state index in [2.05, 4.69) is 11.8 Å². The van der Waals surface area contributed by atoms with E-state index in [1.165, 1.54) is 0 Å². The molecule has 1 aromatic carbocycles. The molecule has 0 N–H and O–H groups in total. The summed E-state index contributed by atoms with van der Waals surface area (Å²) < 4.78 is 0. The van der Waals surface area contributed by atoms with Gasteiger partial charge in [-0.3, -0.25) is 0 Å². The normalized spacial score (nSPS) is 8.92. The highest BCUT2D eigenvalue weighted by molar-refractivity contribution is 6.31. The van der Waals surface area contributed by atoms with Gasteiger partial charge in [0.25, 0.3) is 0 Å². The van der Waals surface area contributed by atoms with Crippen LogP contribution in [0.5, 0.6) is 0 Å². The largest absolute Gasteiger partial charge is 0.113 e. The Morgan fingerprint density at radius 2 is 2.17 bits per heavy atom. The zero-order chi connectivity index (χ0) is 8.97. The lowest BCUT2D eigenvalue weighted by Crippen LogP contribution is -1.78. The van der Waals surface area contributed by atoms with E-state index in [4.69, 9.17) is 23.2 Å². The highest BCUT2D eigenvalue weighted by Crippen LogP contribution is 2.15. The van der Waals surface area contributed by atoms with Gasteiger partial charge >= 0.3 is 0 Å². The van der Waals surface area contributed by atoms with Gasteiger partial charge in [-0.05, 0) is 24.6 Å². The second kappa shape index (κ2) is 4.40. The Bertz CT molecular complexity index is 331. The van der Waals surface area contributed by atoms with Crippen molar-refractivity contribution in [3.63, 3.8) is 0 Å². The van der Waals surface area contributed by atoms with Crippen LogP contribution in [0.4, 0.5) is 0 Å². The van der Waals surface area contributed by atoms with Crippen molar-refractivity contribution in [1.29, 1.82) is 0 Å². The summed E-state index contributed by atoms with van der Waals surface area (Å²) in [4.78, 5) is 0. The molecule has 0 spiro atoms. The van der Waals surface area contributed by atoms with Crippen LogP contribution in [-0.2, 0) is 0 Å². The maximum Gasteiger partial charge on any atom is 0.0839 e. The summed E-state index contributed by atoms with van der Waals surface area (Å²) in [7, 11) is 0. The van der Waals surface area contributed by atoms with Gasteiger partial charge in [-0.1, -0.05) is 29.5 Å². The van der Waals surface area contributed by atoms with Gasteiger partial charge in [0.15, 0.2) is 0 Å². The highest BCUT2D eigenvalue weighted by Gasteiger charge is 1.93. The van der Waals surface area contributed by atoms with Crippen molar-refractivity contribution in [1.82, 2.24) is 0 Å². The summed E-state index contributed by atoms with van der Waals surface area (Å²) in [5.41, 5.74) is 1.97. The predicted molar refractivity (Wildman–Crippen MR) is 53.8 cm³/mol. The van der Waals surface area contributed by atoms with Gasteiger partial charge in [0.05, 0.1) is 5.88 Å². The van der Waals surface area contributed by atoms with E-state index in [0.29, 0.717) is 5.88 Å². The van der Waals surface area contributed by atoms with Crippen LogP contribution in [0.25, 0.3) is 0 Å². The quantitative estimate of drug-likeness (QED) is 0.444. The number of hydrogen-bond acceptors (Lipinski definition) is 0. The number of benzene rings is 1. The van der Waals surface area contributed by atoms with E-state index < -0.39 is 0 Å². The predicted octanol–water partition coefficient (Wildman–Crippen LogP) is 3.24. The molecule has 0 heterocycles. The first-order valence-corrected chi connectivity index (χ1v) is 4.46. The lowest BCUT2D eigenvalue weighted by atomic mass is 10.1. The van der Waals surface area contributed by atoms with E-state index in [-0.39, 0.29) is 0 Å². The van der Waals surface area contributed by atoms with Crippen LogP contribution in [-0.4, -0.2) is 5.88 Å². The maximum atomic E-state index is 5.89. The Morgan fingerprint density at radius 3 is 2.75 bits per heavy atom. The molecular formula is C10H8Cl2. The summed E-state index contributed by atoms with van der Waals surface area (Å²) in [5.74, 6) is 6.02. The molecule has 62 valence electrons. The Morgan fingerprint density at radius 1 is 1.42 bits per heavy atom. The van der Waals surface area contributed by atoms with Crippen molar-refractivity contribution in [2.45, 2.75) is 6.92 Å². The highest BCUT2D eigenvalue weighted by atomic mass is 35.5. The molecule has 2 heteroatoms. The molecular weight excluding hydrogens is 191 g/mol. The van der Waals surface area contributed by atoms with Crippen molar-refractivity contribution < 1.29 is 0 Å². The van der Waals surface area contributed by atoms with E-state index in [1.54, 1.807) is 0 Å². The van der Waals surface area contributed by atoms with Crippen LogP contribution in [0.2, 0.25) is 5.02 Å². The van der Waals surface area contributed by atoms with E-state index in [9.17, 15) is 0 Å². The second-order valence-corrected chi connectivity index (χ2v) is 3.07. The van der Waals surface area contributed by atoms with Crippen molar-refractivity contribution in [3.05, 3.63) is 34.3 Å². The maximum absolute atomic E-state index is 5.89. The molecule has 12 heavy (non-hydrogen) atoms. The molecule has 0 aliphatic rings. The number of aryl methyl sites for hydroxylation is 1. The SMILES string of the molecule is Cc1ccc(C#CCCl)cc1Cl. The molecule has 0 fully saturated rings. The fourth-order valence-electron chi connectivity index (χ4n) is 0.806. The summed E-state index contributed by atoms with van der Waals surface area (Å²) in [6.07, 6.45) is 0. The minimum absolute atomic E-state index is 0.353. The average molecular weight is 199 g/mol. The van der Waals surface area contributed by atoms with Crippen LogP contribution in [0.1, 0.15) is 11.1 Å². The Balaban J connectivity index is 2.97. The lowest BCUT2D eigenvalue weighted by Gasteiger charge is -1.96. The summed E-state index contributed by atoms with van der Waals surface area (Å²) in [5, 5.41) is 0.747. The first kappa shape index (κ1) is 9.45. The van der Waals surface area contributed by atoms with Gasteiger partial charge in [0.1, 0.15) is 0 Å². The third-order valence-corrected chi connectivity index (χ3v) is 2.01. The standard InChI is InChI=1S/C10H8Cl2/c1-8-4-5-9(3-2-6-11)7-10(8)12/h4-5,7H,6H2,1H3. The average Bonchev–Trinajstić information content (AvgIpc) is 2.07. The molecule has 0 aliphatic heterocycles. The molecule has 0 saturated carbocycles. The minimum atomic E-state index is 0.353. The van der Waals surface area contributed by atoms with Crippen molar-refractivity contribution in [3.8, 4) is 11.8 Å². The van der Waals surface area contributed by atoms with E-state index in [0.717, 1.165) is 16.1 Å². The molecule has 0 atom stereocenters. The first-order chi connectivity index (χ1) is 5.74. The van der Waals surface area contributed by atoms with Crippen LogP contribution < -0.4 is 0 Å². The molecule has 1 rings (SSSR count). The van der Waals surface area contributed by atoms with Crippen LogP contribution in [0.15, 0.2) is 18.2 Å². The molecule has 0 radical (unpaired) electrons. The molecule has 0 aromatic heterocycles. The van der Waals surface area contributed by atoms with Gasteiger partial charge in [0.2, 0.25) is 0 Å². The zero-order valence-electron chi connectivity index (χ0n) is 6.70. The Labute approximate surface area is 82.5 Å². The first-order valence-electron chi connectivity index (χ1n) is 3.55. The van der Waals surface area contributed by atoms with Crippen LogP contribution in [0.3, 0.4) is 0 Å². The van der Waals surface area contributed by atoms with Gasteiger partial charge in [0, 0.05) is 10.6 Å². The summed E-state index contributed by atoms with van der Waals surface area (Å²) >= 11 is 11.3. The van der Waals surface area contributed by atoms with Crippen LogP contribution >= 0.6 is 23.2 Å². The van der Waals surface area contributed by atoms with Crippen molar-refractivity contribution in [2.75, 3.05) is 5.88 Å². The lowest BCUT2D eigenvalue weighted by molar-refractivity contribution is 1.46. The number of hydrogen-bond donors (Lipinski definition) is 0. The van der Waals surface area contributed by atoms with Gasteiger partial charge in [-0.25, -0.2) is 0 Å². The van der Waals surface area contributed by atoms with E-state index in [1.807, 2.05) is 25.1 Å². The topological polar surface area (TPSA) is 0 Å². The zero-order valence-corrected chi connectivity index (χ0v) is 8.21. The Kier molecular flexibility index (Phi) is 3.47. The third kappa shape index (κ3) is 2.44. The number of halogens is 2. The minimum Gasteiger partial charge on any atom is -0.113 e. The van der Waals surface area contributed by atoms with Crippen molar-refractivity contribution >= 4 is 23.2 Å². The van der Waals surface area contributed by atoms with Crippen LogP contribution in [0, 0.1) is 18.8 Å². The number of alkyl halides is 1. The molecule has 0 nitrogen and oxygen atoms in total. The van der Waals surface area contributed by atoms with Gasteiger partial charge < -0.3 is 0 Å². The molecule has 1 aromatic rings. The van der Waals surface area contributed by atoms with Gasteiger partial charge in [-0.15, -0.1) is 11.6 Å². The van der Waals surface area contributed by atoms with E-state index >= 15 is 0 Å².